The first-order chi connectivity index (χ1) is 6.65. The van der Waals surface area contributed by atoms with Crippen LogP contribution in [0.4, 0.5) is 0 Å². The van der Waals surface area contributed by atoms with Crippen molar-refractivity contribution in [2.24, 2.45) is 0 Å². The van der Waals surface area contributed by atoms with Crippen LogP contribution in [0.3, 0.4) is 0 Å². The number of rotatable bonds is 2. The summed E-state index contributed by atoms with van der Waals surface area (Å²) in [6.45, 7) is 3.05. The SMILES string of the molecule is Cc1ccc(CN2CC(Cl)CC2=O)o1. The summed E-state index contributed by atoms with van der Waals surface area (Å²) < 4.78 is 5.39. The van der Waals surface area contributed by atoms with E-state index in [9.17, 15) is 4.79 Å². The fraction of sp³-hybridized carbons (Fsp3) is 0.500. The molecule has 4 heteroatoms. The minimum Gasteiger partial charge on any atom is -0.464 e. The maximum atomic E-state index is 11.4. The number of alkyl halides is 1. The van der Waals surface area contributed by atoms with Crippen LogP contribution in [0.2, 0.25) is 0 Å². The van der Waals surface area contributed by atoms with Gasteiger partial charge in [-0.2, -0.15) is 0 Å². The summed E-state index contributed by atoms with van der Waals surface area (Å²) in [5.41, 5.74) is 0. The molecule has 0 bridgehead atoms. The van der Waals surface area contributed by atoms with E-state index >= 15 is 0 Å². The van der Waals surface area contributed by atoms with E-state index in [1.165, 1.54) is 0 Å². The Morgan fingerprint density at radius 3 is 2.93 bits per heavy atom. The second-order valence-electron chi connectivity index (χ2n) is 3.59. The van der Waals surface area contributed by atoms with Gasteiger partial charge in [-0.15, -0.1) is 11.6 Å². The van der Waals surface area contributed by atoms with Crippen LogP contribution in [0, 0.1) is 6.92 Å². The summed E-state index contributed by atoms with van der Waals surface area (Å²) in [4.78, 5) is 13.1. The van der Waals surface area contributed by atoms with Gasteiger partial charge >= 0.3 is 0 Å². The highest BCUT2D eigenvalue weighted by molar-refractivity contribution is 6.22. The van der Waals surface area contributed by atoms with Crippen molar-refractivity contribution in [2.75, 3.05) is 6.54 Å². The fourth-order valence-corrected chi connectivity index (χ4v) is 1.93. The Morgan fingerprint density at radius 1 is 1.64 bits per heavy atom. The van der Waals surface area contributed by atoms with E-state index in [1.807, 2.05) is 19.1 Å². The highest BCUT2D eigenvalue weighted by atomic mass is 35.5. The number of halogens is 1. The van der Waals surface area contributed by atoms with Gasteiger partial charge in [-0.3, -0.25) is 4.79 Å². The van der Waals surface area contributed by atoms with Gasteiger partial charge in [0.25, 0.3) is 0 Å². The van der Waals surface area contributed by atoms with Crippen molar-refractivity contribution in [3.63, 3.8) is 0 Å². The molecule has 3 nitrogen and oxygen atoms in total. The second kappa shape index (κ2) is 3.65. The molecule has 1 aromatic heterocycles. The predicted molar refractivity (Wildman–Crippen MR) is 53.1 cm³/mol. The maximum absolute atomic E-state index is 11.4. The summed E-state index contributed by atoms with van der Waals surface area (Å²) in [6.07, 6.45) is 0.446. The Morgan fingerprint density at radius 2 is 2.43 bits per heavy atom. The van der Waals surface area contributed by atoms with Crippen molar-refractivity contribution >= 4 is 17.5 Å². The monoisotopic (exact) mass is 213 g/mol. The highest BCUT2D eigenvalue weighted by Crippen LogP contribution is 2.19. The smallest absolute Gasteiger partial charge is 0.224 e. The number of likely N-dealkylation sites (tertiary alicyclic amines) is 1. The summed E-state index contributed by atoms with van der Waals surface area (Å²) >= 11 is 5.88. The van der Waals surface area contributed by atoms with Gasteiger partial charge in [0.15, 0.2) is 0 Å². The largest absolute Gasteiger partial charge is 0.464 e. The average Bonchev–Trinajstić information content (AvgIpc) is 2.61. The zero-order valence-electron chi connectivity index (χ0n) is 8.00. The first kappa shape index (κ1) is 9.59. The van der Waals surface area contributed by atoms with Crippen LogP contribution in [0.1, 0.15) is 17.9 Å². The van der Waals surface area contributed by atoms with Crippen LogP contribution in [-0.2, 0) is 11.3 Å². The Bertz CT molecular complexity index is 348. The standard InChI is InChI=1S/C10H12ClNO2/c1-7-2-3-9(14-7)6-12-5-8(11)4-10(12)13/h2-3,8H,4-6H2,1H3. The van der Waals surface area contributed by atoms with Gasteiger partial charge in [-0.05, 0) is 19.1 Å². The van der Waals surface area contributed by atoms with Crippen molar-refractivity contribution in [3.05, 3.63) is 23.7 Å². The van der Waals surface area contributed by atoms with E-state index in [0.29, 0.717) is 19.5 Å². The zero-order chi connectivity index (χ0) is 10.1. The lowest BCUT2D eigenvalue weighted by Crippen LogP contribution is -2.24. The van der Waals surface area contributed by atoms with Crippen molar-refractivity contribution in [3.8, 4) is 0 Å². The molecular formula is C10H12ClNO2. The molecule has 0 saturated carbocycles. The zero-order valence-corrected chi connectivity index (χ0v) is 8.75. The van der Waals surface area contributed by atoms with Crippen LogP contribution in [0.5, 0.6) is 0 Å². The number of carbonyl (C=O) groups excluding carboxylic acids is 1. The second-order valence-corrected chi connectivity index (χ2v) is 4.21. The molecule has 1 aliphatic heterocycles. The summed E-state index contributed by atoms with van der Waals surface area (Å²) in [6, 6.07) is 3.79. The first-order valence-corrected chi connectivity index (χ1v) is 5.06. The van der Waals surface area contributed by atoms with Gasteiger partial charge in [-0.1, -0.05) is 0 Å². The third-order valence-corrected chi connectivity index (χ3v) is 2.60. The van der Waals surface area contributed by atoms with Crippen molar-refractivity contribution in [1.29, 1.82) is 0 Å². The molecule has 2 rings (SSSR count). The highest BCUT2D eigenvalue weighted by Gasteiger charge is 2.28. The predicted octanol–water partition coefficient (Wildman–Crippen LogP) is 1.93. The molecule has 0 N–H and O–H groups in total. The average molecular weight is 214 g/mol. The van der Waals surface area contributed by atoms with E-state index < -0.39 is 0 Å². The molecule has 76 valence electrons. The molecule has 0 aromatic carbocycles. The van der Waals surface area contributed by atoms with Crippen LogP contribution < -0.4 is 0 Å². The molecule has 14 heavy (non-hydrogen) atoms. The Labute approximate surface area is 87.6 Å². The molecule has 1 amide bonds. The minimum atomic E-state index is -0.0430. The molecule has 1 aliphatic rings. The van der Waals surface area contributed by atoms with Crippen LogP contribution in [-0.4, -0.2) is 22.7 Å². The number of amides is 1. The van der Waals surface area contributed by atoms with Gasteiger partial charge in [-0.25, -0.2) is 0 Å². The minimum absolute atomic E-state index is 0.0430. The van der Waals surface area contributed by atoms with Gasteiger partial charge in [0, 0.05) is 13.0 Å². The molecule has 1 atom stereocenters. The lowest BCUT2D eigenvalue weighted by molar-refractivity contribution is -0.128. The van der Waals surface area contributed by atoms with Crippen LogP contribution >= 0.6 is 11.6 Å². The molecule has 1 unspecified atom stereocenters. The van der Waals surface area contributed by atoms with E-state index in [2.05, 4.69) is 0 Å². The fourth-order valence-electron chi connectivity index (χ4n) is 1.64. The number of furan rings is 1. The van der Waals surface area contributed by atoms with Gasteiger partial charge in [0.2, 0.25) is 5.91 Å². The van der Waals surface area contributed by atoms with E-state index in [0.717, 1.165) is 11.5 Å². The Hall–Kier alpha value is -0.960. The number of nitrogens with zero attached hydrogens (tertiary/aromatic N) is 1. The van der Waals surface area contributed by atoms with Crippen molar-refractivity contribution in [1.82, 2.24) is 4.90 Å². The molecule has 2 heterocycles. The topological polar surface area (TPSA) is 33.5 Å². The maximum Gasteiger partial charge on any atom is 0.224 e. The molecule has 1 aromatic rings. The van der Waals surface area contributed by atoms with Crippen LogP contribution in [0.25, 0.3) is 0 Å². The molecule has 0 spiro atoms. The first-order valence-electron chi connectivity index (χ1n) is 4.62. The number of hydrogen-bond acceptors (Lipinski definition) is 2. The third-order valence-electron chi connectivity index (χ3n) is 2.31. The molecule has 1 saturated heterocycles. The quantitative estimate of drug-likeness (QED) is 0.704. The van der Waals surface area contributed by atoms with E-state index in [1.54, 1.807) is 4.90 Å². The summed E-state index contributed by atoms with van der Waals surface area (Å²) in [7, 11) is 0. The lowest BCUT2D eigenvalue weighted by atomic mass is 10.4. The van der Waals surface area contributed by atoms with Gasteiger partial charge < -0.3 is 9.32 Å². The number of carbonyl (C=O) groups is 1. The summed E-state index contributed by atoms with van der Waals surface area (Å²) in [5, 5.41) is -0.0430. The van der Waals surface area contributed by atoms with Gasteiger partial charge in [0.05, 0.1) is 11.9 Å². The van der Waals surface area contributed by atoms with Crippen molar-refractivity contribution in [2.45, 2.75) is 25.3 Å². The number of aryl methyl sites for hydroxylation is 1. The molecule has 0 radical (unpaired) electrons. The van der Waals surface area contributed by atoms with E-state index in [4.69, 9.17) is 16.0 Å². The van der Waals surface area contributed by atoms with Crippen LogP contribution in [0.15, 0.2) is 16.5 Å². The molecular weight excluding hydrogens is 202 g/mol. The normalized spacial score (nSPS) is 22.0. The lowest BCUT2D eigenvalue weighted by Gasteiger charge is -2.13. The Kier molecular flexibility index (Phi) is 2.50. The summed E-state index contributed by atoms with van der Waals surface area (Å²) in [5.74, 6) is 1.80. The van der Waals surface area contributed by atoms with Crippen molar-refractivity contribution < 1.29 is 9.21 Å². The van der Waals surface area contributed by atoms with Gasteiger partial charge in [0.1, 0.15) is 11.5 Å². The Balaban J connectivity index is 2.01. The van der Waals surface area contributed by atoms with E-state index in [-0.39, 0.29) is 11.3 Å². The third kappa shape index (κ3) is 1.93. The molecule has 1 fully saturated rings. The number of hydrogen-bond donors (Lipinski definition) is 0. The molecule has 0 aliphatic carbocycles.